The van der Waals surface area contributed by atoms with Crippen molar-refractivity contribution >= 4 is 28.1 Å². The molecule has 0 atom stereocenters. The fourth-order valence-electron chi connectivity index (χ4n) is 2.01. The van der Waals surface area contributed by atoms with Gasteiger partial charge in [0.1, 0.15) is 11.6 Å². The summed E-state index contributed by atoms with van der Waals surface area (Å²) in [4.78, 5) is 20.0. The molecule has 2 aromatic rings. The Hall–Kier alpha value is -2.83. The smallest absolute Gasteiger partial charge is 0.278 e. The Morgan fingerprint density at radius 1 is 1.46 bits per heavy atom. The van der Waals surface area contributed by atoms with Crippen molar-refractivity contribution in [1.29, 1.82) is 5.26 Å². The van der Waals surface area contributed by atoms with E-state index in [1.165, 1.54) is 13.3 Å². The second kappa shape index (κ2) is 9.60. The molecule has 26 heavy (non-hydrogen) atoms. The molecule has 8 nitrogen and oxygen atoms in total. The monoisotopic (exact) mass is 417 g/mol. The quantitative estimate of drug-likeness (QED) is 0.545. The molecule has 1 amide bonds. The average molecular weight is 418 g/mol. The Morgan fingerprint density at radius 2 is 2.19 bits per heavy atom. The van der Waals surface area contributed by atoms with Crippen LogP contribution in [-0.2, 0) is 16.1 Å². The van der Waals surface area contributed by atoms with E-state index in [4.69, 9.17) is 9.47 Å². The highest BCUT2D eigenvalue weighted by Gasteiger charge is 2.18. The standard InChI is InChI=1S/C17H16BrN5O3/c1-11-16(18)14(9-25-2)13(7-19)17(22-11)26-10-15(24)23-21-8-12-3-5-20-6-4-12/h3-6,8H,9-10H2,1-2H3,(H,23,24). The van der Waals surface area contributed by atoms with Gasteiger partial charge in [0.25, 0.3) is 5.91 Å². The lowest BCUT2D eigenvalue weighted by atomic mass is 10.1. The molecule has 0 aliphatic heterocycles. The molecule has 0 aliphatic rings. The van der Waals surface area contributed by atoms with Gasteiger partial charge < -0.3 is 9.47 Å². The van der Waals surface area contributed by atoms with Gasteiger partial charge in [-0.2, -0.15) is 10.4 Å². The zero-order valence-corrected chi connectivity index (χ0v) is 15.8. The molecule has 0 spiro atoms. The lowest BCUT2D eigenvalue weighted by Crippen LogP contribution is -2.25. The third-order valence-corrected chi connectivity index (χ3v) is 4.27. The number of rotatable bonds is 7. The fourth-order valence-corrected chi connectivity index (χ4v) is 2.41. The number of amides is 1. The first-order valence-corrected chi connectivity index (χ1v) is 8.28. The minimum Gasteiger partial charge on any atom is -0.467 e. The van der Waals surface area contributed by atoms with Crippen LogP contribution < -0.4 is 10.2 Å². The van der Waals surface area contributed by atoms with Crippen LogP contribution in [0.4, 0.5) is 0 Å². The van der Waals surface area contributed by atoms with E-state index in [2.05, 4.69) is 36.4 Å². The van der Waals surface area contributed by atoms with Crippen LogP contribution in [0.15, 0.2) is 34.1 Å². The van der Waals surface area contributed by atoms with Gasteiger partial charge in [-0.15, -0.1) is 0 Å². The number of ether oxygens (including phenoxy) is 2. The number of methoxy groups -OCH3 is 1. The maximum atomic E-state index is 11.9. The minimum atomic E-state index is -0.477. The number of nitrogens with one attached hydrogen (secondary N) is 1. The number of hydrogen-bond donors (Lipinski definition) is 1. The van der Waals surface area contributed by atoms with Crippen molar-refractivity contribution in [3.63, 3.8) is 0 Å². The molecule has 0 unspecified atom stereocenters. The maximum absolute atomic E-state index is 11.9. The van der Waals surface area contributed by atoms with Crippen molar-refractivity contribution in [1.82, 2.24) is 15.4 Å². The van der Waals surface area contributed by atoms with Crippen molar-refractivity contribution in [3.05, 3.63) is 51.4 Å². The molecule has 9 heteroatoms. The fraction of sp³-hybridized carbons (Fsp3) is 0.235. The number of halogens is 1. The number of hydrazone groups is 1. The second-order valence-electron chi connectivity index (χ2n) is 5.08. The predicted octanol–water partition coefficient (Wildman–Crippen LogP) is 2.09. The van der Waals surface area contributed by atoms with Crippen LogP contribution >= 0.6 is 15.9 Å². The summed E-state index contributed by atoms with van der Waals surface area (Å²) in [5.41, 5.74) is 4.60. The highest BCUT2D eigenvalue weighted by atomic mass is 79.9. The Balaban J connectivity index is 2.03. The van der Waals surface area contributed by atoms with Crippen LogP contribution in [0, 0.1) is 18.3 Å². The van der Waals surface area contributed by atoms with Crippen molar-refractivity contribution in [2.75, 3.05) is 13.7 Å². The molecule has 0 fully saturated rings. The first kappa shape index (κ1) is 19.5. The summed E-state index contributed by atoms with van der Waals surface area (Å²) in [6, 6.07) is 5.54. The van der Waals surface area contributed by atoms with E-state index in [-0.39, 0.29) is 24.7 Å². The van der Waals surface area contributed by atoms with Gasteiger partial charge in [-0.25, -0.2) is 10.4 Å². The topological polar surface area (TPSA) is 109 Å². The first-order chi connectivity index (χ1) is 12.6. The number of aromatic nitrogens is 2. The second-order valence-corrected chi connectivity index (χ2v) is 5.87. The van der Waals surface area contributed by atoms with Crippen LogP contribution in [0.5, 0.6) is 5.88 Å². The van der Waals surface area contributed by atoms with Gasteiger partial charge in [-0.05, 0) is 40.5 Å². The highest BCUT2D eigenvalue weighted by molar-refractivity contribution is 9.10. The Bertz CT molecular complexity index is 850. The van der Waals surface area contributed by atoms with E-state index >= 15 is 0 Å². The number of nitrogens with zero attached hydrogens (tertiary/aromatic N) is 4. The molecule has 1 N–H and O–H groups in total. The van der Waals surface area contributed by atoms with Crippen molar-refractivity contribution in [2.45, 2.75) is 13.5 Å². The normalized spacial score (nSPS) is 10.5. The summed E-state index contributed by atoms with van der Waals surface area (Å²) >= 11 is 3.39. The van der Waals surface area contributed by atoms with Crippen LogP contribution in [0.2, 0.25) is 0 Å². The van der Waals surface area contributed by atoms with Crippen molar-refractivity contribution < 1.29 is 14.3 Å². The number of aryl methyl sites for hydroxylation is 1. The van der Waals surface area contributed by atoms with Crippen molar-refractivity contribution in [3.8, 4) is 11.9 Å². The van der Waals surface area contributed by atoms with Gasteiger partial charge in [0, 0.05) is 29.5 Å². The Kier molecular flexibility index (Phi) is 7.20. The molecule has 0 bridgehead atoms. The largest absolute Gasteiger partial charge is 0.467 e. The molecule has 134 valence electrons. The van der Waals surface area contributed by atoms with Crippen LogP contribution in [0.25, 0.3) is 0 Å². The number of pyridine rings is 2. The SMILES string of the molecule is COCc1c(Br)c(C)nc(OCC(=O)NN=Cc2ccncc2)c1C#N. The van der Waals surface area contributed by atoms with E-state index in [0.717, 1.165) is 5.56 Å². The highest BCUT2D eigenvalue weighted by Crippen LogP contribution is 2.29. The van der Waals surface area contributed by atoms with Crippen LogP contribution in [0.1, 0.15) is 22.4 Å². The van der Waals surface area contributed by atoms with E-state index in [1.807, 2.05) is 6.07 Å². The molecule has 0 radical (unpaired) electrons. The van der Waals surface area contributed by atoms with Gasteiger partial charge in [0.2, 0.25) is 5.88 Å². The first-order valence-electron chi connectivity index (χ1n) is 7.49. The average Bonchev–Trinajstić information content (AvgIpc) is 2.65. The molecule has 2 heterocycles. The molecule has 0 saturated heterocycles. The zero-order valence-electron chi connectivity index (χ0n) is 14.2. The summed E-state index contributed by atoms with van der Waals surface area (Å²) < 4.78 is 11.2. The summed E-state index contributed by atoms with van der Waals surface area (Å²) in [7, 11) is 1.53. The lowest BCUT2D eigenvalue weighted by molar-refractivity contribution is -0.123. The van der Waals surface area contributed by atoms with Gasteiger partial charge >= 0.3 is 0 Å². The molecule has 2 aromatic heterocycles. The van der Waals surface area contributed by atoms with Crippen molar-refractivity contribution in [2.24, 2.45) is 5.10 Å². The zero-order chi connectivity index (χ0) is 18.9. The molecule has 0 saturated carbocycles. The summed E-state index contributed by atoms with van der Waals surface area (Å²) in [6.07, 6.45) is 4.72. The molecular formula is C17H16BrN5O3. The molecule has 0 aliphatic carbocycles. The summed E-state index contributed by atoms with van der Waals surface area (Å²) in [5, 5.41) is 13.2. The van der Waals surface area contributed by atoms with E-state index in [9.17, 15) is 10.1 Å². The van der Waals surface area contributed by atoms with Gasteiger partial charge in [0.05, 0.1) is 18.5 Å². The molecule has 0 aromatic carbocycles. The third-order valence-electron chi connectivity index (χ3n) is 3.22. The summed E-state index contributed by atoms with van der Waals surface area (Å²) in [6.45, 7) is 1.64. The molecular weight excluding hydrogens is 402 g/mol. The van der Waals surface area contributed by atoms with E-state index in [1.54, 1.807) is 31.5 Å². The lowest BCUT2D eigenvalue weighted by Gasteiger charge is -2.13. The van der Waals surface area contributed by atoms with E-state index in [0.29, 0.717) is 15.7 Å². The number of hydrogen-bond acceptors (Lipinski definition) is 7. The minimum absolute atomic E-state index is 0.0773. The maximum Gasteiger partial charge on any atom is 0.278 e. The Labute approximate surface area is 159 Å². The van der Waals surface area contributed by atoms with Gasteiger partial charge in [-0.1, -0.05) is 0 Å². The third kappa shape index (κ3) is 5.08. The Morgan fingerprint density at radius 3 is 2.85 bits per heavy atom. The van der Waals surface area contributed by atoms with E-state index < -0.39 is 5.91 Å². The number of carbonyl (C=O) groups excluding carboxylic acids is 1. The van der Waals surface area contributed by atoms with Gasteiger partial charge in [-0.3, -0.25) is 9.78 Å². The van der Waals surface area contributed by atoms with Gasteiger partial charge in [0.15, 0.2) is 6.61 Å². The molecule has 2 rings (SSSR count). The number of carbonyl (C=O) groups is 1. The predicted molar refractivity (Wildman–Crippen MR) is 97.6 cm³/mol. The summed E-state index contributed by atoms with van der Waals surface area (Å²) in [5.74, 6) is -0.400. The van der Waals surface area contributed by atoms with Crippen LogP contribution in [-0.4, -0.2) is 35.8 Å². The van der Waals surface area contributed by atoms with Crippen LogP contribution in [0.3, 0.4) is 0 Å². The number of nitriles is 1.